The van der Waals surface area contributed by atoms with E-state index in [0.29, 0.717) is 43.7 Å². The Labute approximate surface area is 308 Å². The van der Waals surface area contributed by atoms with Gasteiger partial charge in [0.05, 0.1) is 29.4 Å². The molecule has 278 valence electrons. The lowest BCUT2D eigenvalue weighted by molar-refractivity contribution is -0.139. The molecule has 1 saturated heterocycles. The maximum Gasteiger partial charge on any atom is 0.265 e. The first-order chi connectivity index (χ1) is 24.2. The van der Waals surface area contributed by atoms with Gasteiger partial charge in [0.1, 0.15) is 11.4 Å². The van der Waals surface area contributed by atoms with Crippen LogP contribution >= 0.6 is 11.6 Å². The van der Waals surface area contributed by atoms with Gasteiger partial charge in [0.2, 0.25) is 0 Å². The van der Waals surface area contributed by atoms with Gasteiger partial charge in [0.25, 0.3) is 15.9 Å². The van der Waals surface area contributed by atoms with Crippen LogP contribution in [-0.2, 0) is 31.4 Å². The lowest BCUT2D eigenvalue weighted by Gasteiger charge is -2.51. The van der Waals surface area contributed by atoms with Crippen molar-refractivity contribution in [3.63, 3.8) is 0 Å². The van der Waals surface area contributed by atoms with E-state index in [2.05, 4.69) is 45.4 Å². The summed E-state index contributed by atoms with van der Waals surface area (Å²) < 4.78 is 42.2. The summed E-state index contributed by atoms with van der Waals surface area (Å²) in [5.74, 6) is -0.0241. The Morgan fingerprint density at radius 1 is 1.08 bits per heavy atom. The number of ether oxygens (including phenoxy) is 2. The number of hydrogen-bond acceptors (Lipinski definition) is 9. The Morgan fingerprint density at radius 2 is 1.86 bits per heavy atom. The summed E-state index contributed by atoms with van der Waals surface area (Å²) in [5, 5.41) is 13.4. The molecule has 3 aliphatic heterocycles. The highest BCUT2D eigenvalue weighted by Crippen LogP contribution is 2.48. The molecule has 1 unspecified atom stereocenters. The van der Waals surface area contributed by atoms with Gasteiger partial charge in [-0.25, -0.2) is 13.1 Å². The largest absolute Gasteiger partial charge is 0.490 e. The number of halogens is 1. The molecule has 3 heterocycles. The molecular weight excluding hydrogens is 688 g/mol. The summed E-state index contributed by atoms with van der Waals surface area (Å²) in [5.41, 5.74) is 0.248. The van der Waals surface area contributed by atoms with Crippen molar-refractivity contribution in [2.24, 2.45) is 11.8 Å². The smallest absolute Gasteiger partial charge is 0.265 e. The number of carbonyl (C=O) groups is 1. The molecule has 2 aromatic rings. The number of hydrogen-bond donors (Lipinski definition) is 2. The van der Waals surface area contributed by atoms with Crippen LogP contribution in [0, 0.1) is 11.8 Å². The topological polar surface area (TPSA) is 112 Å². The van der Waals surface area contributed by atoms with E-state index in [0.717, 1.165) is 63.3 Å². The van der Waals surface area contributed by atoms with E-state index >= 15 is 0 Å². The van der Waals surface area contributed by atoms with Crippen LogP contribution < -0.4 is 14.4 Å². The van der Waals surface area contributed by atoms with Gasteiger partial charge >= 0.3 is 0 Å². The SMILES string of the molecule is CC(C)N1CCN(CC2(O)/C=C/COC(C)(C)C(=O)NS(=O)(=O)c3ccc4c(c3)N(C[C@@H]3CC[C@H]32)C[C@@]2(CCCc3cc(Cl)ccc32)CO4)CC1. The van der Waals surface area contributed by atoms with E-state index < -0.39 is 27.1 Å². The molecule has 2 aliphatic carbocycles. The fourth-order valence-corrected chi connectivity index (χ4v) is 10.3. The molecule has 4 atom stereocenters. The third kappa shape index (κ3) is 7.31. The molecule has 0 radical (unpaired) electrons. The number of nitrogens with one attached hydrogen (secondary N) is 1. The van der Waals surface area contributed by atoms with Gasteiger partial charge < -0.3 is 19.5 Å². The number of rotatable bonds is 3. The number of amides is 1. The van der Waals surface area contributed by atoms with Gasteiger partial charge in [0, 0.05) is 62.3 Å². The van der Waals surface area contributed by atoms with Gasteiger partial charge in [0.15, 0.2) is 0 Å². The van der Waals surface area contributed by atoms with Crippen LogP contribution in [0.1, 0.15) is 64.5 Å². The highest BCUT2D eigenvalue weighted by molar-refractivity contribution is 7.90. The number of anilines is 1. The number of fused-ring (bicyclic) bond motifs is 4. The van der Waals surface area contributed by atoms with Gasteiger partial charge in [-0.1, -0.05) is 29.8 Å². The maximum atomic E-state index is 13.7. The molecule has 1 spiro atoms. The molecule has 1 saturated carbocycles. The van der Waals surface area contributed by atoms with Crippen LogP contribution in [0.15, 0.2) is 53.4 Å². The second-order valence-electron chi connectivity index (χ2n) is 16.2. The van der Waals surface area contributed by atoms with Crippen LogP contribution in [0.3, 0.4) is 0 Å². The van der Waals surface area contributed by atoms with Crippen molar-refractivity contribution in [3.8, 4) is 5.75 Å². The highest BCUT2D eigenvalue weighted by Gasteiger charge is 2.49. The second kappa shape index (κ2) is 14.0. The number of aryl methyl sites for hydroxylation is 1. The number of piperazine rings is 1. The summed E-state index contributed by atoms with van der Waals surface area (Å²) in [4.78, 5) is 20.5. The zero-order valence-corrected chi connectivity index (χ0v) is 31.9. The average molecular weight is 741 g/mol. The molecule has 1 amide bonds. The van der Waals surface area contributed by atoms with Crippen LogP contribution in [0.2, 0.25) is 5.02 Å². The van der Waals surface area contributed by atoms with Crippen molar-refractivity contribution in [1.82, 2.24) is 14.5 Å². The van der Waals surface area contributed by atoms with Crippen molar-refractivity contribution < 1.29 is 27.8 Å². The lowest BCUT2D eigenvalue weighted by Crippen LogP contribution is -2.58. The van der Waals surface area contributed by atoms with Crippen LogP contribution in [-0.4, -0.2) is 106 Å². The van der Waals surface area contributed by atoms with Crippen molar-refractivity contribution in [3.05, 3.63) is 64.7 Å². The Bertz CT molecular complexity index is 1780. The van der Waals surface area contributed by atoms with Gasteiger partial charge in [-0.3, -0.25) is 14.6 Å². The predicted octanol–water partition coefficient (Wildman–Crippen LogP) is 4.77. The Morgan fingerprint density at radius 3 is 2.59 bits per heavy atom. The number of sulfonamides is 1. The molecule has 0 aromatic heterocycles. The molecule has 5 aliphatic rings. The number of aliphatic hydroxyl groups is 1. The minimum absolute atomic E-state index is 0.0139. The Kier molecular flexibility index (Phi) is 10.0. The van der Waals surface area contributed by atoms with E-state index in [1.165, 1.54) is 17.2 Å². The van der Waals surface area contributed by atoms with Crippen LogP contribution in [0.25, 0.3) is 0 Å². The fraction of sp³-hybridized carbons (Fsp3) is 0.615. The molecule has 10 nitrogen and oxygen atoms in total. The standard InChI is InChI=1S/C39H53ClN4O6S/c1-27(2)43-18-16-42(17-19-43)25-39(46)15-6-20-50-37(3,4)36(45)41-51(47,48)31-10-13-35-34(22-31)44(23-29-8-11-33(29)39)24-38(26-49-35)14-5-7-28-21-30(40)9-12-32(28)38/h6,9-10,12-13,15,21-22,27,29,33,46H,5,7-8,11,14,16-20,23-26H2,1-4H3,(H,41,45)/b15-6+/t29-,33+,38-,39?/m0/s1. The van der Waals surface area contributed by atoms with E-state index in [4.69, 9.17) is 21.1 Å². The van der Waals surface area contributed by atoms with Gasteiger partial charge in [-0.2, -0.15) is 0 Å². The summed E-state index contributed by atoms with van der Waals surface area (Å²) >= 11 is 6.47. The molecule has 2 aromatic carbocycles. The molecule has 2 fully saturated rings. The third-order valence-corrected chi connectivity index (χ3v) is 13.7. The minimum Gasteiger partial charge on any atom is -0.490 e. The van der Waals surface area contributed by atoms with Crippen LogP contribution in [0.4, 0.5) is 5.69 Å². The highest BCUT2D eigenvalue weighted by atomic mass is 35.5. The monoisotopic (exact) mass is 740 g/mol. The molecule has 7 rings (SSSR count). The Balaban J connectivity index is 1.28. The number of nitrogens with zero attached hydrogens (tertiary/aromatic N) is 3. The minimum atomic E-state index is -4.23. The first-order valence-electron chi connectivity index (χ1n) is 18.6. The maximum absolute atomic E-state index is 13.7. The van der Waals surface area contributed by atoms with Crippen molar-refractivity contribution in [2.75, 3.05) is 63.9 Å². The van der Waals surface area contributed by atoms with E-state index in [1.54, 1.807) is 32.1 Å². The summed E-state index contributed by atoms with van der Waals surface area (Å²) in [6, 6.07) is 11.5. The van der Waals surface area contributed by atoms with Crippen molar-refractivity contribution in [1.29, 1.82) is 0 Å². The molecule has 12 heteroatoms. The first kappa shape index (κ1) is 36.7. The van der Waals surface area contributed by atoms with Crippen LogP contribution in [0.5, 0.6) is 5.75 Å². The normalized spacial score (nSPS) is 31.8. The van der Waals surface area contributed by atoms with E-state index in [1.807, 2.05) is 12.1 Å². The van der Waals surface area contributed by atoms with E-state index in [9.17, 15) is 18.3 Å². The summed E-state index contributed by atoms with van der Waals surface area (Å²) in [7, 11) is -4.23. The fourth-order valence-electron chi connectivity index (χ4n) is 8.96. The summed E-state index contributed by atoms with van der Waals surface area (Å²) in [6.45, 7) is 13.5. The number of β-amino-alcohol motifs (C(OH)–C–C–N with tert-alkyl or cyclic N) is 1. The lowest BCUT2D eigenvalue weighted by atomic mass is 9.63. The zero-order valence-electron chi connectivity index (χ0n) is 30.4. The van der Waals surface area contributed by atoms with Crippen molar-refractivity contribution in [2.45, 2.75) is 87.4 Å². The molecule has 2 bridgehead atoms. The number of carbonyl (C=O) groups excluding carboxylic acids is 1. The first-order valence-corrected chi connectivity index (χ1v) is 20.4. The molecule has 51 heavy (non-hydrogen) atoms. The zero-order chi connectivity index (χ0) is 36.2. The number of benzene rings is 2. The predicted molar refractivity (Wildman–Crippen MR) is 199 cm³/mol. The molecular formula is C39H53ClN4O6S. The average Bonchev–Trinajstić information content (AvgIpc) is 3.21. The summed E-state index contributed by atoms with van der Waals surface area (Å²) in [6.07, 6.45) is 8.37. The van der Waals surface area contributed by atoms with Crippen molar-refractivity contribution >= 4 is 33.2 Å². The Hall–Kier alpha value is -2.67. The molecule has 2 N–H and O–H groups in total. The third-order valence-electron chi connectivity index (χ3n) is 12.2. The van der Waals surface area contributed by atoms with Gasteiger partial charge in [-0.05, 0) is 113 Å². The van der Waals surface area contributed by atoms with Gasteiger partial charge in [-0.15, -0.1) is 0 Å². The quantitative estimate of drug-likeness (QED) is 0.431. The second-order valence-corrected chi connectivity index (χ2v) is 18.4. The van der Waals surface area contributed by atoms with E-state index in [-0.39, 0.29) is 28.8 Å².